The minimum atomic E-state index is 0.440. The van der Waals surface area contributed by atoms with Crippen LogP contribution in [0, 0.1) is 6.92 Å². The van der Waals surface area contributed by atoms with E-state index in [2.05, 4.69) is 15.1 Å². The average Bonchev–Trinajstić information content (AvgIpc) is 2.69. The van der Waals surface area contributed by atoms with Gasteiger partial charge in [-0.2, -0.15) is 5.10 Å². The maximum absolute atomic E-state index is 6.06. The van der Waals surface area contributed by atoms with Crippen molar-refractivity contribution >= 4 is 22.6 Å². The lowest BCUT2D eigenvalue weighted by Gasteiger charge is -2.01. The van der Waals surface area contributed by atoms with Gasteiger partial charge >= 0.3 is 0 Å². The van der Waals surface area contributed by atoms with Gasteiger partial charge in [-0.3, -0.25) is 0 Å². The molecule has 0 unspecified atom stereocenters. The first kappa shape index (κ1) is 10.2. The Bertz CT molecular complexity index is 676. The van der Waals surface area contributed by atoms with Crippen LogP contribution in [0.2, 0.25) is 5.15 Å². The molecule has 4 nitrogen and oxygen atoms in total. The van der Waals surface area contributed by atoms with Crippen LogP contribution in [0.3, 0.4) is 0 Å². The van der Waals surface area contributed by atoms with Gasteiger partial charge in [0.25, 0.3) is 0 Å². The fourth-order valence-corrected chi connectivity index (χ4v) is 2.09. The van der Waals surface area contributed by atoms with Crippen molar-refractivity contribution in [1.82, 2.24) is 19.7 Å². The van der Waals surface area contributed by atoms with Gasteiger partial charge in [0.05, 0.1) is 16.8 Å². The summed E-state index contributed by atoms with van der Waals surface area (Å²) >= 11 is 6.06. The molecule has 0 aliphatic carbocycles. The van der Waals surface area contributed by atoms with E-state index in [1.807, 2.05) is 37.3 Å². The molecule has 0 radical (unpaired) electrons. The van der Waals surface area contributed by atoms with Gasteiger partial charge in [0.1, 0.15) is 11.5 Å². The first-order valence-corrected chi connectivity index (χ1v) is 5.56. The smallest absolute Gasteiger partial charge is 0.168 e. The van der Waals surface area contributed by atoms with Gasteiger partial charge in [-0.25, -0.2) is 14.6 Å². The Labute approximate surface area is 103 Å². The number of benzene rings is 1. The average molecular weight is 245 g/mol. The molecule has 17 heavy (non-hydrogen) atoms. The van der Waals surface area contributed by atoms with Crippen molar-refractivity contribution in [3.05, 3.63) is 47.5 Å². The standard InChI is InChI=1S/C12H9ClN4/c1-8-10-11(13)14-7-15-12(10)17(16-8)9-5-3-2-4-6-9/h2-7H,1H3. The normalized spacial score (nSPS) is 10.9. The molecule has 0 fully saturated rings. The number of aryl methyl sites for hydroxylation is 1. The Hall–Kier alpha value is -1.94. The second kappa shape index (κ2) is 3.82. The van der Waals surface area contributed by atoms with Crippen LogP contribution in [-0.4, -0.2) is 19.7 Å². The quantitative estimate of drug-likeness (QED) is 0.618. The van der Waals surface area contributed by atoms with Crippen LogP contribution in [0.15, 0.2) is 36.7 Å². The highest BCUT2D eigenvalue weighted by Crippen LogP contribution is 2.24. The number of para-hydroxylation sites is 1. The highest BCUT2D eigenvalue weighted by Gasteiger charge is 2.13. The largest absolute Gasteiger partial charge is 0.224 e. The van der Waals surface area contributed by atoms with Gasteiger partial charge in [0, 0.05) is 0 Å². The third-order valence-electron chi connectivity index (χ3n) is 2.59. The fraction of sp³-hybridized carbons (Fsp3) is 0.0833. The second-order valence-electron chi connectivity index (χ2n) is 3.70. The van der Waals surface area contributed by atoms with E-state index in [-0.39, 0.29) is 0 Å². The molecule has 0 saturated heterocycles. The molecule has 0 aliphatic heterocycles. The van der Waals surface area contributed by atoms with E-state index in [1.54, 1.807) is 4.68 Å². The predicted molar refractivity (Wildman–Crippen MR) is 66.4 cm³/mol. The summed E-state index contributed by atoms with van der Waals surface area (Å²) in [6.07, 6.45) is 1.45. The number of nitrogens with zero attached hydrogens (tertiary/aromatic N) is 4. The Morgan fingerprint density at radius 1 is 1.12 bits per heavy atom. The van der Waals surface area contributed by atoms with Gasteiger partial charge in [-0.15, -0.1) is 0 Å². The van der Waals surface area contributed by atoms with E-state index in [4.69, 9.17) is 11.6 Å². The van der Waals surface area contributed by atoms with Crippen LogP contribution in [0.5, 0.6) is 0 Å². The third kappa shape index (κ3) is 1.57. The van der Waals surface area contributed by atoms with Crippen molar-refractivity contribution in [1.29, 1.82) is 0 Å². The molecule has 5 heteroatoms. The van der Waals surface area contributed by atoms with Crippen molar-refractivity contribution in [3.63, 3.8) is 0 Å². The van der Waals surface area contributed by atoms with Crippen molar-refractivity contribution in [3.8, 4) is 5.69 Å². The molecule has 2 heterocycles. The zero-order valence-corrected chi connectivity index (χ0v) is 9.89. The van der Waals surface area contributed by atoms with E-state index in [0.717, 1.165) is 22.4 Å². The fourth-order valence-electron chi connectivity index (χ4n) is 1.82. The predicted octanol–water partition coefficient (Wildman–Crippen LogP) is 2.78. The van der Waals surface area contributed by atoms with Gasteiger partial charge in [0.15, 0.2) is 5.65 Å². The maximum atomic E-state index is 6.06. The van der Waals surface area contributed by atoms with Gasteiger partial charge < -0.3 is 0 Å². The number of rotatable bonds is 1. The first-order chi connectivity index (χ1) is 8.27. The second-order valence-corrected chi connectivity index (χ2v) is 4.05. The zero-order chi connectivity index (χ0) is 11.8. The lowest BCUT2D eigenvalue weighted by Crippen LogP contribution is -1.97. The number of fused-ring (bicyclic) bond motifs is 1. The Kier molecular flexibility index (Phi) is 2.30. The highest BCUT2D eigenvalue weighted by atomic mass is 35.5. The Morgan fingerprint density at radius 2 is 1.88 bits per heavy atom. The molecular weight excluding hydrogens is 236 g/mol. The molecule has 0 saturated carbocycles. The number of hydrogen-bond acceptors (Lipinski definition) is 3. The maximum Gasteiger partial charge on any atom is 0.168 e. The highest BCUT2D eigenvalue weighted by molar-refractivity contribution is 6.34. The van der Waals surface area contributed by atoms with Crippen molar-refractivity contribution < 1.29 is 0 Å². The number of aromatic nitrogens is 4. The van der Waals surface area contributed by atoms with Crippen LogP contribution in [0.1, 0.15) is 5.69 Å². The molecule has 0 amide bonds. The summed E-state index contributed by atoms with van der Waals surface area (Å²) < 4.78 is 1.78. The van der Waals surface area contributed by atoms with E-state index >= 15 is 0 Å². The molecule has 0 aliphatic rings. The van der Waals surface area contributed by atoms with Crippen LogP contribution in [-0.2, 0) is 0 Å². The molecule has 84 valence electrons. The minimum Gasteiger partial charge on any atom is -0.224 e. The van der Waals surface area contributed by atoms with Crippen molar-refractivity contribution in [2.24, 2.45) is 0 Å². The zero-order valence-electron chi connectivity index (χ0n) is 9.13. The summed E-state index contributed by atoms with van der Waals surface area (Å²) in [5.41, 5.74) is 2.52. The molecule has 0 N–H and O–H groups in total. The van der Waals surface area contributed by atoms with Gasteiger partial charge in [-0.05, 0) is 19.1 Å². The van der Waals surface area contributed by atoms with Gasteiger partial charge in [-0.1, -0.05) is 29.8 Å². The van der Waals surface area contributed by atoms with Crippen LogP contribution in [0.4, 0.5) is 0 Å². The van der Waals surface area contributed by atoms with E-state index in [1.165, 1.54) is 6.33 Å². The molecule has 0 atom stereocenters. The summed E-state index contributed by atoms with van der Waals surface area (Å²) in [4.78, 5) is 8.22. The van der Waals surface area contributed by atoms with Crippen LogP contribution < -0.4 is 0 Å². The Balaban J connectivity index is 2.36. The minimum absolute atomic E-state index is 0.440. The van der Waals surface area contributed by atoms with E-state index in [0.29, 0.717) is 5.15 Å². The molecule has 1 aromatic carbocycles. The lowest BCUT2D eigenvalue weighted by atomic mass is 10.3. The molecule has 3 rings (SSSR count). The molecule has 3 aromatic rings. The molecule has 2 aromatic heterocycles. The molecule has 0 spiro atoms. The summed E-state index contributed by atoms with van der Waals surface area (Å²) in [7, 11) is 0. The molecule has 0 bridgehead atoms. The van der Waals surface area contributed by atoms with E-state index < -0.39 is 0 Å². The van der Waals surface area contributed by atoms with Crippen molar-refractivity contribution in [2.45, 2.75) is 6.92 Å². The summed E-state index contributed by atoms with van der Waals surface area (Å²) in [6.45, 7) is 1.90. The summed E-state index contributed by atoms with van der Waals surface area (Å²) in [5, 5.41) is 5.69. The first-order valence-electron chi connectivity index (χ1n) is 5.18. The van der Waals surface area contributed by atoms with Crippen LogP contribution >= 0.6 is 11.6 Å². The van der Waals surface area contributed by atoms with Gasteiger partial charge in [0.2, 0.25) is 0 Å². The topological polar surface area (TPSA) is 43.6 Å². The summed E-state index contributed by atoms with van der Waals surface area (Å²) in [6, 6.07) is 9.83. The van der Waals surface area contributed by atoms with Crippen LogP contribution in [0.25, 0.3) is 16.7 Å². The number of hydrogen-bond donors (Lipinski definition) is 0. The van der Waals surface area contributed by atoms with Crippen molar-refractivity contribution in [2.75, 3.05) is 0 Å². The monoisotopic (exact) mass is 244 g/mol. The number of halogens is 1. The third-order valence-corrected chi connectivity index (χ3v) is 2.88. The van der Waals surface area contributed by atoms with E-state index in [9.17, 15) is 0 Å². The molecular formula is C12H9ClN4. The SMILES string of the molecule is Cc1nn(-c2ccccc2)c2ncnc(Cl)c12. The lowest BCUT2D eigenvalue weighted by molar-refractivity contribution is 0.876. The summed E-state index contributed by atoms with van der Waals surface area (Å²) in [5.74, 6) is 0. The Morgan fingerprint density at radius 3 is 2.65 bits per heavy atom.